The standard InChI is InChI=1S/C11H17NO3/c1-7-6-10(14)12(11(7)15)8-2-4-9(13)5-3-8/h7-9,13H,2-6H2,1H3. The number of imide groups is 1. The lowest BCUT2D eigenvalue weighted by atomic mass is 9.92. The van der Waals surface area contributed by atoms with Crippen LogP contribution in [0.25, 0.3) is 0 Å². The Morgan fingerprint density at radius 2 is 1.80 bits per heavy atom. The molecule has 0 spiro atoms. The van der Waals surface area contributed by atoms with E-state index in [0.29, 0.717) is 19.3 Å². The van der Waals surface area contributed by atoms with Gasteiger partial charge in [-0.05, 0) is 25.7 Å². The minimum atomic E-state index is -0.244. The number of amides is 2. The SMILES string of the molecule is CC1CC(=O)N(C2CCC(O)CC2)C1=O. The maximum Gasteiger partial charge on any atom is 0.232 e. The van der Waals surface area contributed by atoms with Crippen molar-refractivity contribution in [3.63, 3.8) is 0 Å². The Hall–Kier alpha value is -0.900. The van der Waals surface area contributed by atoms with Crippen LogP contribution in [0.4, 0.5) is 0 Å². The number of nitrogens with zero attached hydrogens (tertiary/aromatic N) is 1. The van der Waals surface area contributed by atoms with E-state index in [1.165, 1.54) is 4.90 Å². The fourth-order valence-corrected chi connectivity index (χ4v) is 2.51. The topological polar surface area (TPSA) is 57.6 Å². The number of rotatable bonds is 1. The molecule has 4 nitrogen and oxygen atoms in total. The zero-order valence-corrected chi connectivity index (χ0v) is 8.98. The number of hydrogen-bond donors (Lipinski definition) is 1. The molecule has 1 N–H and O–H groups in total. The Bertz CT molecular complexity index is 282. The molecule has 1 aliphatic carbocycles. The first-order chi connectivity index (χ1) is 7.09. The zero-order valence-electron chi connectivity index (χ0n) is 8.98. The van der Waals surface area contributed by atoms with Gasteiger partial charge in [0.05, 0.1) is 6.10 Å². The van der Waals surface area contributed by atoms with Gasteiger partial charge in [0.1, 0.15) is 0 Å². The molecule has 2 fully saturated rings. The molecule has 1 saturated carbocycles. The predicted octanol–water partition coefficient (Wildman–Crippen LogP) is 0.685. The van der Waals surface area contributed by atoms with Crippen molar-refractivity contribution < 1.29 is 14.7 Å². The van der Waals surface area contributed by atoms with Gasteiger partial charge in [-0.25, -0.2) is 0 Å². The summed E-state index contributed by atoms with van der Waals surface area (Å²) in [5.41, 5.74) is 0. The minimum absolute atomic E-state index is 0.0265. The molecular weight excluding hydrogens is 194 g/mol. The van der Waals surface area contributed by atoms with Gasteiger partial charge < -0.3 is 5.11 Å². The van der Waals surface area contributed by atoms with E-state index in [4.69, 9.17) is 0 Å². The second-order valence-corrected chi connectivity index (χ2v) is 4.67. The van der Waals surface area contributed by atoms with Crippen LogP contribution in [0.5, 0.6) is 0 Å². The van der Waals surface area contributed by atoms with Gasteiger partial charge in [-0.3, -0.25) is 14.5 Å². The highest BCUT2D eigenvalue weighted by molar-refractivity contribution is 6.03. The molecule has 4 heteroatoms. The van der Waals surface area contributed by atoms with Gasteiger partial charge in [0.2, 0.25) is 11.8 Å². The van der Waals surface area contributed by atoms with Crippen molar-refractivity contribution in [2.75, 3.05) is 0 Å². The summed E-state index contributed by atoms with van der Waals surface area (Å²) in [4.78, 5) is 24.8. The number of carbonyl (C=O) groups excluding carboxylic acids is 2. The lowest BCUT2D eigenvalue weighted by molar-refractivity contribution is -0.143. The lowest BCUT2D eigenvalue weighted by Crippen LogP contribution is -2.42. The minimum Gasteiger partial charge on any atom is -0.393 e. The van der Waals surface area contributed by atoms with E-state index in [9.17, 15) is 14.7 Å². The molecule has 1 saturated heterocycles. The maximum absolute atomic E-state index is 11.7. The van der Waals surface area contributed by atoms with Gasteiger partial charge in [0.15, 0.2) is 0 Å². The van der Waals surface area contributed by atoms with E-state index in [0.717, 1.165) is 12.8 Å². The highest BCUT2D eigenvalue weighted by Crippen LogP contribution is 2.29. The van der Waals surface area contributed by atoms with Gasteiger partial charge in [0.25, 0.3) is 0 Å². The summed E-state index contributed by atoms with van der Waals surface area (Å²) in [6.07, 6.45) is 3.03. The molecule has 0 aromatic rings. The summed E-state index contributed by atoms with van der Waals surface area (Å²) in [7, 11) is 0. The fourth-order valence-electron chi connectivity index (χ4n) is 2.51. The van der Waals surface area contributed by atoms with Crippen LogP contribution < -0.4 is 0 Å². The van der Waals surface area contributed by atoms with Crippen LogP contribution in [-0.2, 0) is 9.59 Å². The van der Waals surface area contributed by atoms with Crippen molar-refractivity contribution in [2.24, 2.45) is 5.92 Å². The summed E-state index contributed by atoms with van der Waals surface area (Å²) in [5.74, 6) is -0.209. The fraction of sp³-hybridized carbons (Fsp3) is 0.818. The molecular formula is C11H17NO3. The molecule has 1 heterocycles. The van der Waals surface area contributed by atoms with Crippen LogP contribution in [0.3, 0.4) is 0 Å². The van der Waals surface area contributed by atoms with Crippen molar-refractivity contribution in [3.8, 4) is 0 Å². The van der Waals surface area contributed by atoms with Gasteiger partial charge in [-0.15, -0.1) is 0 Å². The first-order valence-corrected chi connectivity index (χ1v) is 5.63. The van der Waals surface area contributed by atoms with E-state index in [-0.39, 0.29) is 29.9 Å². The number of aliphatic hydroxyl groups is 1. The van der Waals surface area contributed by atoms with E-state index in [1.54, 1.807) is 6.92 Å². The highest BCUT2D eigenvalue weighted by atomic mass is 16.3. The zero-order chi connectivity index (χ0) is 11.0. The average molecular weight is 211 g/mol. The molecule has 2 amide bonds. The van der Waals surface area contributed by atoms with Crippen LogP contribution in [-0.4, -0.2) is 34.0 Å². The van der Waals surface area contributed by atoms with Crippen LogP contribution >= 0.6 is 0 Å². The van der Waals surface area contributed by atoms with E-state index in [1.807, 2.05) is 0 Å². The molecule has 0 aromatic heterocycles. The normalized spacial score (nSPS) is 37.5. The summed E-state index contributed by atoms with van der Waals surface area (Å²) >= 11 is 0. The molecule has 1 unspecified atom stereocenters. The van der Waals surface area contributed by atoms with Crippen LogP contribution in [0.2, 0.25) is 0 Å². The Labute approximate surface area is 89.3 Å². The Balaban J connectivity index is 2.04. The van der Waals surface area contributed by atoms with Crippen molar-refractivity contribution in [3.05, 3.63) is 0 Å². The Morgan fingerprint density at radius 1 is 1.20 bits per heavy atom. The van der Waals surface area contributed by atoms with Crippen molar-refractivity contribution in [2.45, 2.75) is 51.2 Å². The second-order valence-electron chi connectivity index (χ2n) is 4.67. The first-order valence-electron chi connectivity index (χ1n) is 5.63. The highest BCUT2D eigenvalue weighted by Gasteiger charge is 2.40. The van der Waals surface area contributed by atoms with Crippen molar-refractivity contribution >= 4 is 11.8 Å². The van der Waals surface area contributed by atoms with Crippen molar-refractivity contribution in [1.29, 1.82) is 0 Å². The maximum atomic E-state index is 11.7. The molecule has 84 valence electrons. The van der Waals surface area contributed by atoms with E-state index < -0.39 is 0 Å². The lowest BCUT2D eigenvalue weighted by Gasteiger charge is -2.31. The molecule has 15 heavy (non-hydrogen) atoms. The Morgan fingerprint density at radius 3 is 2.27 bits per heavy atom. The van der Waals surface area contributed by atoms with Crippen LogP contribution in [0.15, 0.2) is 0 Å². The molecule has 1 atom stereocenters. The van der Waals surface area contributed by atoms with E-state index in [2.05, 4.69) is 0 Å². The number of likely N-dealkylation sites (tertiary alicyclic amines) is 1. The smallest absolute Gasteiger partial charge is 0.232 e. The average Bonchev–Trinajstić information content (AvgIpc) is 2.44. The predicted molar refractivity (Wildman–Crippen MR) is 53.9 cm³/mol. The molecule has 0 radical (unpaired) electrons. The van der Waals surface area contributed by atoms with Crippen LogP contribution in [0.1, 0.15) is 39.0 Å². The molecule has 0 aromatic carbocycles. The summed E-state index contributed by atoms with van der Waals surface area (Å²) in [6, 6.07) is 0.0401. The number of hydrogen-bond acceptors (Lipinski definition) is 3. The summed E-state index contributed by atoms with van der Waals surface area (Å²) in [6.45, 7) is 1.80. The van der Waals surface area contributed by atoms with Crippen LogP contribution in [0, 0.1) is 5.92 Å². The van der Waals surface area contributed by atoms with Gasteiger partial charge in [-0.1, -0.05) is 6.92 Å². The first kappa shape index (κ1) is 10.6. The Kier molecular flexibility index (Phi) is 2.78. The van der Waals surface area contributed by atoms with E-state index >= 15 is 0 Å². The van der Waals surface area contributed by atoms with Gasteiger partial charge in [0, 0.05) is 18.4 Å². The molecule has 1 aliphatic heterocycles. The largest absolute Gasteiger partial charge is 0.393 e. The monoisotopic (exact) mass is 211 g/mol. The van der Waals surface area contributed by atoms with Gasteiger partial charge >= 0.3 is 0 Å². The molecule has 2 rings (SSSR count). The third-order valence-electron chi connectivity index (χ3n) is 3.44. The summed E-state index contributed by atoms with van der Waals surface area (Å²) in [5, 5.41) is 9.37. The third kappa shape index (κ3) is 1.91. The van der Waals surface area contributed by atoms with Crippen molar-refractivity contribution in [1.82, 2.24) is 4.90 Å². The second kappa shape index (κ2) is 3.93. The molecule has 0 bridgehead atoms. The molecule has 2 aliphatic rings. The summed E-state index contributed by atoms with van der Waals surface area (Å²) < 4.78 is 0. The number of aliphatic hydroxyl groups excluding tert-OH is 1. The third-order valence-corrected chi connectivity index (χ3v) is 3.44. The number of carbonyl (C=O) groups is 2. The quantitative estimate of drug-likeness (QED) is 0.649. The van der Waals surface area contributed by atoms with Gasteiger partial charge in [-0.2, -0.15) is 0 Å².